The van der Waals surface area contributed by atoms with Crippen molar-refractivity contribution in [3.05, 3.63) is 52.0 Å². The molecule has 0 aliphatic carbocycles. The summed E-state index contributed by atoms with van der Waals surface area (Å²) in [5.74, 6) is 0.364. The molecule has 146 valence electrons. The van der Waals surface area contributed by atoms with Crippen LogP contribution in [0.15, 0.2) is 35.8 Å². The molecule has 28 heavy (non-hydrogen) atoms. The Hall–Kier alpha value is -2.73. The van der Waals surface area contributed by atoms with Crippen molar-refractivity contribution in [3.8, 4) is 11.5 Å². The summed E-state index contributed by atoms with van der Waals surface area (Å²) in [4.78, 5) is 26.0. The highest BCUT2D eigenvalue weighted by Crippen LogP contribution is 2.38. The van der Waals surface area contributed by atoms with E-state index in [1.807, 2.05) is 62.0 Å². The molecule has 0 aliphatic rings. The normalized spacial score (nSPS) is 11.1. The van der Waals surface area contributed by atoms with Crippen LogP contribution in [0, 0.1) is 13.8 Å². The number of ether oxygens (including phenoxy) is 2. The fourth-order valence-corrected chi connectivity index (χ4v) is 3.84. The smallest absolute Gasteiger partial charge is 0.308 e. The number of hydrogen-bond donors (Lipinski definition) is 0. The van der Waals surface area contributed by atoms with E-state index in [0.717, 1.165) is 16.5 Å². The average molecular weight is 399 g/mol. The van der Waals surface area contributed by atoms with Gasteiger partial charge in [0, 0.05) is 24.6 Å². The number of rotatable bonds is 6. The van der Waals surface area contributed by atoms with Crippen LogP contribution in [0.2, 0.25) is 0 Å². The molecule has 0 radical (unpaired) electrons. The average Bonchev–Trinajstić information content (AvgIpc) is 2.94. The molecule has 0 saturated heterocycles. The molecule has 0 N–H and O–H groups in total. The number of ketones is 1. The third kappa shape index (κ3) is 4.07. The molecule has 6 heteroatoms. The lowest BCUT2D eigenvalue weighted by Crippen LogP contribution is -2.38. The molecule has 1 heterocycles. The summed E-state index contributed by atoms with van der Waals surface area (Å²) in [5, 5.41) is 1.49. The number of benzene rings is 2. The third-order valence-electron chi connectivity index (χ3n) is 4.48. The topological polar surface area (TPSA) is 56.5 Å². The largest absolute Gasteiger partial charge is 0.490 e. The Bertz CT molecular complexity index is 1050. The third-order valence-corrected chi connectivity index (χ3v) is 5.48. The molecule has 0 aliphatic heterocycles. The van der Waals surface area contributed by atoms with Gasteiger partial charge in [-0.3, -0.25) is 9.59 Å². The van der Waals surface area contributed by atoms with E-state index in [4.69, 9.17) is 9.47 Å². The quantitative estimate of drug-likeness (QED) is 0.267. The van der Waals surface area contributed by atoms with Crippen LogP contribution in [0.1, 0.15) is 41.7 Å². The molecule has 0 fully saturated rings. The van der Waals surface area contributed by atoms with Crippen LogP contribution in [0.5, 0.6) is 11.5 Å². The van der Waals surface area contributed by atoms with Gasteiger partial charge in [-0.1, -0.05) is 35.6 Å². The van der Waals surface area contributed by atoms with E-state index in [9.17, 15) is 9.59 Å². The number of aryl methyl sites for hydroxylation is 1. The van der Waals surface area contributed by atoms with Crippen molar-refractivity contribution in [2.24, 2.45) is 0 Å². The maximum Gasteiger partial charge on any atom is 0.308 e. The fraction of sp³-hybridized carbons (Fsp3) is 0.318. The Morgan fingerprint density at radius 2 is 1.82 bits per heavy atom. The lowest BCUT2D eigenvalue weighted by molar-refractivity contribution is -0.684. The van der Waals surface area contributed by atoms with Crippen molar-refractivity contribution in [2.75, 3.05) is 0 Å². The summed E-state index contributed by atoms with van der Waals surface area (Å²) < 4.78 is 13.4. The van der Waals surface area contributed by atoms with Gasteiger partial charge in [-0.15, -0.1) is 0 Å². The van der Waals surface area contributed by atoms with E-state index in [1.54, 1.807) is 17.4 Å². The van der Waals surface area contributed by atoms with Gasteiger partial charge in [-0.25, -0.2) is 0 Å². The van der Waals surface area contributed by atoms with E-state index in [0.29, 0.717) is 17.1 Å². The summed E-state index contributed by atoms with van der Waals surface area (Å²) in [7, 11) is 0. The maximum atomic E-state index is 13.2. The highest BCUT2D eigenvalue weighted by Gasteiger charge is 2.25. The minimum atomic E-state index is -0.431. The van der Waals surface area contributed by atoms with Gasteiger partial charge < -0.3 is 9.47 Å². The first-order chi connectivity index (χ1) is 13.3. The number of thiazole rings is 1. The summed E-state index contributed by atoms with van der Waals surface area (Å²) in [6, 6.07) is 9.10. The standard InChI is InChI=1S/C22H24NO4S/c1-13(2)26-22-18-9-7-6-8-17(18)21(27-16(5)24)10-19(22)20(25)11-23-12-28-15(4)14(23)3/h6-10,12-13H,11H2,1-5H3/q+1. The Balaban J connectivity index is 2.16. The van der Waals surface area contributed by atoms with Crippen LogP contribution >= 0.6 is 11.3 Å². The number of carbonyl (C=O) groups is 2. The summed E-state index contributed by atoms with van der Waals surface area (Å²) in [5.41, 5.74) is 3.42. The first kappa shape index (κ1) is 20.0. The van der Waals surface area contributed by atoms with E-state index in [1.165, 1.54) is 11.8 Å². The SMILES string of the molecule is CC(=O)Oc1cc(C(=O)C[n+]2csc(C)c2C)c(OC(C)C)c2ccccc12. The molecule has 0 atom stereocenters. The minimum absolute atomic E-state index is 0.0966. The predicted octanol–water partition coefficient (Wildman–Crippen LogP) is 4.40. The van der Waals surface area contributed by atoms with Crippen LogP contribution in [-0.2, 0) is 11.3 Å². The van der Waals surface area contributed by atoms with Crippen LogP contribution in [0.25, 0.3) is 10.8 Å². The maximum absolute atomic E-state index is 13.2. The van der Waals surface area contributed by atoms with Crippen molar-refractivity contribution in [1.29, 1.82) is 0 Å². The number of Topliss-reactive ketones (excluding diaryl/α,β-unsaturated/α-hetero) is 1. The number of hydrogen-bond acceptors (Lipinski definition) is 5. The van der Waals surface area contributed by atoms with Crippen molar-refractivity contribution < 1.29 is 23.6 Å². The first-order valence-electron chi connectivity index (χ1n) is 9.16. The van der Waals surface area contributed by atoms with E-state index >= 15 is 0 Å². The lowest BCUT2D eigenvalue weighted by atomic mass is 10.0. The zero-order valence-electron chi connectivity index (χ0n) is 16.7. The van der Waals surface area contributed by atoms with Gasteiger partial charge in [0.25, 0.3) is 0 Å². The molecule has 5 nitrogen and oxygen atoms in total. The molecule has 2 aromatic carbocycles. The summed E-state index contributed by atoms with van der Waals surface area (Å²) >= 11 is 1.61. The van der Waals surface area contributed by atoms with Crippen molar-refractivity contribution >= 4 is 33.9 Å². The second-order valence-corrected chi connectivity index (χ2v) is 8.03. The van der Waals surface area contributed by atoms with Crippen LogP contribution in [-0.4, -0.2) is 17.9 Å². The molecule has 0 amide bonds. The van der Waals surface area contributed by atoms with Crippen LogP contribution in [0.4, 0.5) is 0 Å². The van der Waals surface area contributed by atoms with Gasteiger partial charge in [0.1, 0.15) is 11.5 Å². The zero-order chi connectivity index (χ0) is 20.4. The molecule has 0 bridgehead atoms. The second-order valence-electron chi connectivity index (χ2n) is 6.97. The minimum Gasteiger partial charge on any atom is -0.490 e. The Morgan fingerprint density at radius 1 is 1.14 bits per heavy atom. The van der Waals surface area contributed by atoms with Gasteiger partial charge >= 0.3 is 5.97 Å². The number of nitrogens with zero attached hydrogens (tertiary/aromatic N) is 1. The number of fused-ring (bicyclic) bond motifs is 1. The zero-order valence-corrected chi connectivity index (χ0v) is 17.6. The number of esters is 1. The summed E-state index contributed by atoms with van der Waals surface area (Å²) in [6.07, 6.45) is -0.104. The molecule has 3 rings (SSSR count). The van der Waals surface area contributed by atoms with Gasteiger partial charge in [-0.05, 0) is 26.8 Å². The molecular weight excluding hydrogens is 374 g/mol. The highest BCUT2D eigenvalue weighted by atomic mass is 32.1. The number of aromatic nitrogens is 1. The Morgan fingerprint density at radius 3 is 2.39 bits per heavy atom. The van der Waals surface area contributed by atoms with Gasteiger partial charge in [-0.2, -0.15) is 4.57 Å². The monoisotopic (exact) mass is 398 g/mol. The molecule has 0 saturated carbocycles. The van der Waals surface area contributed by atoms with Crippen molar-refractivity contribution in [3.63, 3.8) is 0 Å². The Labute approximate surface area is 168 Å². The molecular formula is C22H24NO4S+. The second kappa shape index (κ2) is 8.10. The number of carbonyl (C=O) groups excluding carboxylic acids is 2. The Kier molecular flexibility index (Phi) is 5.79. The predicted molar refractivity (Wildman–Crippen MR) is 109 cm³/mol. The van der Waals surface area contributed by atoms with E-state index in [-0.39, 0.29) is 18.4 Å². The van der Waals surface area contributed by atoms with Gasteiger partial charge in [0.2, 0.25) is 17.8 Å². The van der Waals surface area contributed by atoms with E-state index < -0.39 is 5.97 Å². The van der Waals surface area contributed by atoms with Crippen molar-refractivity contribution in [1.82, 2.24) is 0 Å². The van der Waals surface area contributed by atoms with Gasteiger partial charge in [0.15, 0.2) is 5.69 Å². The molecule has 0 unspecified atom stereocenters. The molecule has 3 aromatic rings. The summed E-state index contributed by atoms with van der Waals surface area (Å²) in [6.45, 7) is 9.41. The molecule has 0 spiro atoms. The van der Waals surface area contributed by atoms with E-state index in [2.05, 4.69) is 0 Å². The van der Waals surface area contributed by atoms with Crippen molar-refractivity contribution in [2.45, 2.75) is 47.3 Å². The van der Waals surface area contributed by atoms with Crippen LogP contribution < -0.4 is 14.0 Å². The lowest BCUT2D eigenvalue weighted by Gasteiger charge is -2.18. The van der Waals surface area contributed by atoms with Crippen LogP contribution in [0.3, 0.4) is 0 Å². The van der Waals surface area contributed by atoms with Gasteiger partial charge in [0.05, 0.1) is 16.5 Å². The fourth-order valence-electron chi connectivity index (χ4n) is 3.03. The highest BCUT2D eigenvalue weighted by molar-refractivity contribution is 7.09. The molecule has 1 aromatic heterocycles. The first-order valence-corrected chi connectivity index (χ1v) is 10.0.